The number of carbonyl (C=O) groups excluding carboxylic acids is 1. The summed E-state index contributed by atoms with van der Waals surface area (Å²) >= 11 is 5.89. The molecule has 0 heterocycles. The largest absolute Gasteiger partial charge is 0.355 e. The Bertz CT molecular complexity index is 354. The van der Waals surface area contributed by atoms with Gasteiger partial charge in [0.25, 0.3) is 0 Å². The molecule has 1 N–H and O–H groups in total. The molecule has 0 atom stereocenters. The number of rotatable bonds is 3. The Morgan fingerprint density at radius 3 is 2.92 bits per heavy atom. The van der Waals surface area contributed by atoms with E-state index in [9.17, 15) is 4.79 Å². The highest BCUT2D eigenvalue weighted by Gasteiger charge is 1.99. The predicted molar refractivity (Wildman–Crippen MR) is 52.3 cm³/mol. The van der Waals surface area contributed by atoms with Crippen molar-refractivity contribution >= 4 is 18.0 Å². The fraction of sp³-hybridized carbons (Fsp3) is 0.100. The van der Waals surface area contributed by atoms with Crippen molar-refractivity contribution in [3.63, 3.8) is 0 Å². The molecule has 0 aliphatic rings. The van der Waals surface area contributed by atoms with Gasteiger partial charge in [-0.15, -0.1) is 6.42 Å². The standard InChI is InChI=1S/C10H8ClNO/c1-2-8-3-4-9(6-12-7-13)10(11)5-8/h1,3-5,7H,6H2,(H,12,13). The molecule has 0 fully saturated rings. The number of halogens is 1. The second kappa shape index (κ2) is 4.54. The first-order valence-corrected chi connectivity index (χ1v) is 4.08. The summed E-state index contributed by atoms with van der Waals surface area (Å²) in [6, 6.07) is 5.28. The van der Waals surface area contributed by atoms with Gasteiger partial charge in [0, 0.05) is 17.1 Å². The Morgan fingerprint density at radius 2 is 2.38 bits per heavy atom. The molecule has 1 rings (SSSR count). The molecule has 0 spiro atoms. The Balaban J connectivity index is 2.86. The number of carbonyl (C=O) groups is 1. The van der Waals surface area contributed by atoms with Gasteiger partial charge in [0.2, 0.25) is 6.41 Å². The quantitative estimate of drug-likeness (QED) is 0.573. The highest BCUT2D eigenvalue weighted by molar-refractivity contribution is 6.31. The Labute approximate surface area is 81.9 Å². The van der Waals surface area contributed by atoms with Gasteiger partial charge in [0.1, 0.15) is 0 Å². The lowest BCUT2D eigenvalue weighted by molar-refractivity contribution is -0.109. The number of terminal acetylenes is 1. The van der Waals surface area contributed by atoms with Crippen LogP contribution >= 0.6 is 11.6 Å². The second-order valence-corrected chi connectivity index (χ2v) is 2.86. The Hall–Kier alpha value is -1.46. The van der Waals surface area contributed by atoms with E-state index in [2.05, 4.69) is 11.2 Å². The zero-order valence-electron chi connectivity index (χ0n) is 6.88. The van der Waals surface area contributed by atoms with Crippen molar-refractivity contribution in [1.29, 1.82) is 0 Å². The van der Waals surface area contributed by atoms with Crippen molar-refractivity contribution in [1.82, 2.24) is 5.32 Å². The summed E-state index contributed by atoms with van der Waals surface area (Å²) < 4.78 is 0. The third-order valence-electron chi connectivity index (χ3n) is 1.60. The highest BCUT2D eigenvalue weighted by Crippen LogP contribution is 2.16. The van der Waals surface area contributed by atoms with Gasteiger partial charge in [-0.2, -0.15) is 0 Å². The first-order valence-electron chi connectivity index (χ1n) is 3.70. The predicted octanol–water partition coefficient (Wildman–Crippen LogP) is 1.57. The molecule has 13 heavy (non-hydrogen) atoms. The van der Waals surface area contributed by atoms with Crippen molar-refractivity contribution in [2.45, 2.75) is 6.54 Å². The zero-order chi connectivity index (χ0) is 9.68. The van der Waals surface area contributed by atoms with Crippen LogP contribution in [0.3, 0.4) is 0 Å². The van der Waals surface area contributed by atoms with Crippen LogP contribution in [0.5, 0.6) is 0 Å². The topological polar surface area (TPSA) is 29.1 Å². The average Bonchev–Trinajstić information content (AvgIpc) is 2.16. The number of hydrogen-bond donors (Lipinski definition) is 1. The van der Waals surface area contributed by atoms with E-state index in [1.807, 2.05) is 0 Å². The monoisotopic (exact) mass is 193 g/mol. The first kappa shape index (κ1) is 9.63. The first-order chi connectivity index (χ1) is 6.27. The van der Waals surface area contributed by atoms with Gasteiger partial charge < -0.3 is 5.32 Å². The van der Waals surface area contributed by atoms with Gasteiger partial charge in [0.05, 0.1) is 0 Å². The molecule has 3 heteroatoms. The van der Waals surface area contributed by atoms with Crippen LogP contribution in [0, 0.1) is 12.3 Å². The van der Waals surface area contributed by atoms with E-state index in [-0.39, 0.29) is 0 Å². The summed E-state index contributed by atoms with van der Waals surface area (Å²) in [5.74, 6) is 2.48. The van der Waals surface area contributed by atoms with Crippen LogP contribution in [0.25, 0.3) is 0 Å². The summed E-state index contributed by atoms with van der Waals surface area (Å²) in [5, 5.41) is 3.10. The number of hydrogen-bond acceptors (Lipinski definition) is 1. The molecule has 0 bridgehead atoms. The van der Waals surface area contributed by atoms with Gasteiger partial charge in [-0.05, 0) is 17.7 Å². The minimum absolute atomic E-state index is 0.424. The Kier molecular flexibility index (Phi) is 3.36. The van der Waals surface area contributed by atoms with Crippen molar-refractivity contribution in [2.24, 2.45) is 0 Å². The maximum Gasteiger partial charge on any atom is 0.207 e. The van der Waals surface area contributed by atoms with Gasteiger partial charge in [0.15, 0.2) is 0 Å². The van der Waals surface area contributed by atoms with E-state index in [0.29, 0.717) is 18.0 Å². The number of nitrogens with one attached hydrogen (secondary N) is 1. The van der Waals surface area contributed by atoms with Crippen molar-refractivity contribution in [3.05, 3.63) is 34.3 Å². The smallest absolute Gasteiger partial charge is 0.207 e. The molecule has 0 aromatic heterocycles. The van der Waals surface area contributed by atoms with Gasteiger partial charge in [-0.3, -0.25) is 4.79 Å². The lowest BCUT2D eigenvalue weighted by atomic mass is 10.1. The molecule has 1 aromatic carbocycles. The van der Waals surface area contributed by atoms with Crippen LogP contribution < -0.4 is 5.32 Å². The van der Waals surface area contributed by atoms with E-state index in [1.165, 1.54) is 0 Å². The molecule has 0 unspecified atom stereocenters. The maximum atomic E-state index is 10.0. The lowest BCUT2D eigenvalue weighted by Gasteiger charge is -2.02. The second-order valence-electron chi connectivity index (χ2n) is 2.45. The third-order valence-corrected chi connectivity index (χ3v) is 1.95. The molecular weight excluding hydrogens is 186 g/mol. The van der Waals surface area contributed by atoms with Crippen LogP contribution in [-0.4, -0.2) is 6.41 Å². The normalized spacial score (nSPS) is 8.92. The Morgan fingerprint density at radius 1 is 1.62 bits per heavy atom. The van der Waals surface area contributed by atoms with Crippen LogP contribution in [0.2, 0.25) is 5.02 Å². The van der Waals surface area contributed by atoms with Crippen LogP contribution in [0.4, 0.5) is 0 Å². The van der Waals surface area contributed by atoms with Crippen LogP contribution in [0.1, 0.15) is 11.1 Å². The lowest BCUT2D eigenvalue weighted by Crippen LogP contribution is -2.09. The summed E-state index contributed by atoms with van der Waals surface area (Å²) in [4.78, 5) is 10.0. The SMILES string of the molecule is C#Cc1ccc(CNC=O)c(Cl)c1. The summed E-state index contributed by atoms with van der Waals surface area (Å²) in [5.41, 5.74) is 1.59. The van der Waals surface area contributed by atoms with E-state index in [0.717, 1.165) is 11.1 Å². The maximum absolute atomic E-state index is 10.0. The average molecular weight is 194 g/mol. The highest BCUT2D eigenvalue weighted by atomic mass is 35.5. The summed E-state index contributed by atoms with van der Waals surface area (Å²) in [6.07, 6.45) is 5.82. The molecule has 0 saturated heterocycles. The third kappa shape index (κ3) is 2.50. The fourth-order valence-electron chi connectivity index (χ4n) is 0.932. The van der Waals surface area contributed by atoms with E-state index in [1.54, 1.807) is 18.2 Å². The van der Waals surface area contributed by atoms with Gasteiger partial charge >= 0.3 is 0 Å². The van der Waals surface area contributed by atoms with Crippen molar-refractivity contribution in [3.8, 4) is 12.3 Å². The van der Waals surface area contributed by atoms with Crippen LogP contribution in [0.15, 0.2) is 18.2 Å². The van der Waals surface area contributed by atoms with Gasteiger partial charge in [-0.1, -0.05) is 23.6 Å². The van der Waals surface area contributed by atoms with E-state index < -0.39 is 0 Å². The number of amides is 1. The summed E-state index contributed by atoms with van der Waals surface area (Å²) in [7, 11) is 0. The zero-order valence-corrected chi connectivity index (χ0v) is 7.64. The summed E-state index contributed by atoms with van der Waals surface area (Å²) in [6.45, 7) is 0.424. The molecule has 66 valence electrons. The molecule has 1 aromatic rings. The van der Waals surface area contributed by atoms with Crippen molar-refractivity contribution < 1.29 is 4.79 Å². The van der Waals surface area contributed by atoms with Gasteiger partial charge in [-0.25, -0.2) is 0 Å². The van der Waals surface area contributed by atoms with E-state index >= 15 is 0 Å². The van der Waals surface area contributed by atoms with Crippen molar-refractivity contribution in [2.75, 3.05) is 0 Å². The molecule has 0 saturated carbocycles. The molecule has 0 aliphatic carbocycles. The van der Waals surface area contributed by atoms with E-state index in [4.69, 9.17) is 18.0 Å². The minimum atomic E-state index is 0.424. The fourth-order valence-corrected chi connectivity index (χ4v) is 1.18. The molecule has 0 aliphatic heterocycles. The van der Waals surface area contributed by atoms with Crippen LogP contribution in [-0.2, 0) is 11.3 Å². The number of benzene rings is 1. The molecule has 1 amide bonds. The molecule has 2 nitrogen and oxygen atoms in total. The minimum Gasteiger partial charge on any atom is -0.355 e. The molecular formula is C10H8ClNO. The molecule has 0 radical (unpaired) electrons.